The zero-order valence-electron chi connectivity index (χ0n) is 7.57. The Labute approximate surface area is 80.5 Å². The molecule has 1 rings (SSSR count). The predicted octanol–water partition coefficient (Wildman–Crippen LogP) is 1.28. The van der Waals surface area contributed by atoms with Gasteiger partial charge in [-0.1, -0.05) is 18.2 Å². The van der Waals surface area contributed by atoms with Gasteiger partial charge in [0.25, 0.3) is 0 Å². The molecule has 0 N–H and O–H groups in total. The number of hydrogen-bond acceptors (Lipinski definition) is 3. The van der Waals surface area contributed by atoms with Crippen LogP contribution in [0.3, 0.4) is 0 Å². The highest BCUT2D eigenvalue weighted by molar-refractivity contribution is 5.94. The van der Waals surface area contributed by atoms with Crippen molar-refractivity contribution in [1.82, 2.24) is 0 Å². The Balaban J connectivity index is 3.07. The second-order valence-electron chi connectivity index (χ2n) is 2.66. The molecule has 0 aliphatic rings. The van der Waals surface area contributed by atoms with E-state index in [4.69, 9.17) is 0 Å². The van der Waals surface area contributed by atoms with Crippen LogP contribution in [0.5, 0.6) is 0 Å². The quantitative estimate of drug-likeness (QED) is 0.415. The summed E-state index contributed by atoms with van der Waals surface area (Å²) in [6.07, 6.45) is 0.365. The highest BCUT2D eigenvalue weighted by atomic mass is 19.1. The Morgan fingerprint density at radius 2 is 2.14 bits per heavy atom. The number of esters is 1. The average Bonchev–Trinajstić information content (AvgIpc) is 2.21. The molecule has 1 aromatic carbocycles. The van der Waals surface area contributed by atoms with Crippen LogP contribution in [0.1, 0.15) is 11.5 Å². The minimum Gasteiger partial charge on any atom is -0.468 e. The van der Waals surface area contributed by atoms with Gasteiger partial charge in [0.1, 0.15) is 18.0 Å². The first-order valence-electron chi connectivity index (χ1n) is 3.98. The van der Waals surface area contributed by atoms with E-state index in [1.807, 2.05) is 0 Å². The summed E-state index contributed by atoms with van der Waals surface area (Å²) in [5, 5.41) is 0. The summed E-state index contributed by atoms with van der Waals surface area (Å²) in [6.45, 7) is 0. The van der Waals surface area contributed by atoms with E-state index in [0.717, 1.165) is 7.11 Å². The molecule has 74 valence electrons. The van der Waals surface area contributed by atoms with Crippen molar-refractivity contribution in [2.45, 2.75) is 5.92 Å². The summed E-state index contributed by atoms with van der Waals surface area (Å²) >= 11 is 0. The number of rotatable bonds is 3. The minimum atomic E-state index is -1.18. The summed E-state index contributed by atoms with van der Waals surface area (Å²) < 4.78 is 17.5. The number of methoxy groups -OCH3 is 1. The van der Waals surface area contributed by atoms with Crippen molar-refractivity contribution in [2.24, 2.45) is 0 Å². The average molecular weight is 196 g/mol. The van der Waals surface area contributed by atoms with E-state index in [0.29, 0.717) is 6.29 Å². The van der Waals surface area contributed by atoms with Crippen LogP contribution in [-0.4, -0.2) is 19.4 Å². The number of carbonyl (C=O) groups excluding carboxylic acids is 2. The van der Waals surface area contributed by atoms with Gasteiger partial charge in [0.05, 0.1) is 7.11 Å². The fourth-order valence-electron chi connectivity index (χ4n) is 1.11. The number of ether oxygens (including phenoxy) is 1. The van der Waals surface area contributed by atoms with E-state index in [2.05, 4.69) is 4.74 Å². The maximum atomic E-state index is 13.2. The van der Waals surface area contributed by atoms with Crippen LogP contribution in [0, 0.1) is 5.82 Å². The summed E-state index contributed by atoms with van der Waals surface area (Å²) in [4.78, 5) is 21.7. The Kier molecular flexibility index (Phi) is 3.34. The van der Waals surface area contributed by atoms with Gasteiger partial charge in [-0.2, -0.15) is 0 Å². The van der Waals surface area contributed by atoms with Crippen LogP contribution in [0.15, 0.2) is 24.3 Å². The van der Waals surface area contributed by atoms with Gasteiger partial charge in [0, 0.05) is 5.56 Å². The lowest BCUT2D eigenvalue weighted by Gasteiger charge is -2.08. The van der Waals surface area contributed by atoms with Gasteiger partial charge >= 0.3 is 5.97 Å². The normalized spacial score (nSPS) is 11.9. The molecule has 0 unspecified atom stereocenters. The molecule has 3 nitrogen and oxygen atoms in total. The molecule has 4 heteroatoms. The molecule has 0 aliphatic heterocycles. The molecule has 0 heterocycles. The first-order valence-corrected chi connectivity index (χ1v) is 3.98. The number of aldehydes is 1. The van der Waals surface area contributed by atoms with Crippen LogP contribution in [0.2, 0.25) is 0 Å². The van der Waals surface area contributed by atoms with Crippen molar-refractivity contribution in [3.8, 4) is 0 Å². The van der Waals surface area contributed by atoms with E-state index in [-0.39, 0.29) is 5.56 Å². The molecule has 1 aromatic rings. The van der Waals surface area contributed by atoms with Gasteiger partial charge < -0.3 is 9.53 Å². The van der Waals surface area contributed by atoms with Crippen molar-refractivity contribution in [3.05, 3.63) is 35.6 Å². The van der Waals surface area contributed by atoms with Gasteiger partial charge in [-0.15, -0.1) is 0 Å². The third-order valence-electron chi connectivity index (χ3n) is 1.83. The van der Waals surface area contributed by atoms with Crippen LogP contribution in [-0.2, 0) is 14.3 Å². The van der Waals surface area contributed by atoms with Gasteiger partial charge in [0.2, 0.25) is 0 Å². The molecule has 0 aromatic heterocycles. The third kappa shape index (κ3) is 1.96. The summed E-state index contributed by atoms with van der Waals surface area (Å²) in [5.74, 6) is -2.53. The smallest absolute Gasteiger partial charge is 0.320 e. The first kappa shape index (κ1) is 10.4. The second kappa shape index (κ2) is 4.50. The maximum absolute atomic E-state index is 13.2. The highest BCUT2D eigenvalue weighted by Gasteiger charge is 2.23. The lowest BCUT2D eigenvalue weighted by Crippen LogP contribution is -2.16. The molecule has 0 radical (unpaired) electrons. The van der Waals surface area contributed by atoms with Crippen molar-refractivity contribution in [1.29, 1.82) is 0 Å². The van der Waals surface area contributed by atoms with Gasteiger partial charge in [-0.25, -0.2) is 4.39 Å². The van der Waals surface area contributed by atoms with Gasteiger partial charge in [-0.3, -0.25) is 4.79 Å². The highest BCUT2D eigenvalue weighted by Crippen LogP contribution is 2.18. The van der Waals surface area contributed by atoms with E-state index in [1.165, 1.54) is 18.2 Å². The van der Waals surface area contributed by atoms with Gasteiger partial charge in [-0.05, 0) is 6.07 Å². The van der Waals surface area contributed by atoms with Crippen LogP contribution < -0.4 is 0 Å². The Hall–Kier alpha value is -1.71. The molecule has 0 bridgehead atoms. The maximum Gasteiger partial charge on any atom is 0.320 e. The van der Waals surface area contributed by atoms with E-state index < -0.39 is 17.7 Å². The zero-order valence-corrected chi connectivity index (χ0v) is 7.57. The van der Waals surface area contributed by atoms with Crippen LogP contribution >= 0.6 is 0 Å². The Morgan fingerprint density at radius 1 is 1.50 bits per heavy atom. The fraction of sp³-hybridized carbons (Fsp3) is 0.200. The molecule has 0 amide bonds. The monoisotopic (exact) mass is 196 g/mol. The topological polar surface area (TPSA) is 43.4 Å². The molecule has 0 fully saturated rings. The zero-order chi connectivity index (χ0) is 10.6. The molecule has 1 atom stereocenters. The van der Waals surface area contributed by atoms with Gasteiger partial charge in [0.15, 0.2) is 0 Å². The van der Waals surface area contributed by atoms with E-state index in [1.54, 1.807) is 6.07 Å². The lowest BCUT2D eigenvalue weighted by molar-refractivity contribution is -0.143. The van der Waals surface area contributed by atoms with Crippen molar-refractivity contribution >= 4 is 12.3 Å². The fourth-order valence-corrected chi connectivity index (χ4v) is 1.11. The largest absolute Gasteiger partial charge is 0.468 e. The number of hydrogen-bond donors (Lipinski definition) is 0. The Morgan fingerprint density at radius 3 is 2.64 bits per heavy atom. The third-order valence-corrected chi connectivity index (χ3v) is 1.83. The molecular weight excluding hydrogens is 187 g/mol. The molecular formula is C10H9FO3. The molecule has 14 heavy (non-hydrogen) atoms. The van der Waals surface area contributed by atoms with Crippen molar-refractivity contribution < 1.29 is 18.7 Å². The van der Waals surface area contributed by atoms with Crippen LogP contribution in [0.4, 0.5) is 4.39 Å². The predicted molar refractivity (Wildman–Crippen MR) is 47.2 cm³/mol. The van der Waals surface area contributed by atoms with E-state index in [9.17, 15) is 14.0 Å². The SMILES string of the molecule is COC(=O)[C@H](C=O)c1ccccc1F. The summed E-state index contributed by atoms with van der Waals surface area (Å²) in [5.41, 5.74) is 0.0364. The number of halogens is 1. The van der Waals surface area contributed by atoms with Crippen molar-refractivity contribution in [3.63, 3.8) is 0 Å². The molecule has 0 aliphatic carbocycles. The molecule has 0 saturated carbocycles. The Bertz CT molecular complexity index is 349. The lowest BCUT2D eigenvalue weighted by atomic mass is 10.0. The minimum absolute atomic E-state index is 0.0364. The summed E-state index contributed by atoms with van der Waals surface area (Å²) in [7, 11) is 1.15. The number of benzene rings is 1. The van der Waals surface area contributed by atoms with E-state index >= 15 is 0 Å². The molecule has 0 spiro atoms. The van der Waals surface area contributed by atoms with Crippen molar-refractivity contribution in [2.75, 3.05) is 7.11 Å². The number of carbonyl (C=O) groups is 2. The van der Waals surface area contributed by atoms with Crippen LogP contribution in [0.25, 0.3) is 0 Å². The summed E-state index contributed by atoms with van der Waals surface area (Å²) in [6, 6.07) is 5.61. The first-order chi connectivity index (χ1) is 6.70. The second-order valence-corrected chi connectivity index (χ2v) is 2.66. The standard InChI is InChI=1S/C10H9FO3/c1-14-10(13)8(6-12)7-4-2-3-5-9(7)11/h2-6,8H,1H3/t8-/m1/s1. The molecule has 0 saturated heterocycles.